The average molecular weight is 467 g/mol. The molecule has 1 heterocycles. The largest absolute Gasteiger partial charge is 0.494 e. The van der Waals surface area contributed by atoms with Gasteiger partial charge in [-0.2, -0.15) is 0 Å². The third-order valence-corrected chi connectivity index (χ3v) is 5.24. The van der Waals surface area contributed by atoms with E-state index in [0.29, 0.717) is 28.2 Å². The Hall–Kier alpha value is -3.35. The highest BCUT2D eigenvalue weighted by Crippen LogP contribution is 2.25. The number of rotatable bonds is 6. The van der Waals surface area contributed by atoms with Crippen LogP contribution in [0, 0.1) is 6.92 Å². The first-order valence-electron chi connectivity index (χ1n) is 9.98. The van der Waals surface area contributed by atoms with E-state index in [1.54, 1.807) is 28.9 Å². The lowest BCUT2D eigenvalue weighted by molar-refractivity contribution is 0.101. The van der Waals surface area contributed by atoms with E-state index < -0.39 is 5.91 Å². The summed E-state index contributed by atoms with van der Waals surface area (Å²) in [7, 11) is 0. The Balaban J connectivity index is 1.74. The number of anilines is 1. The number of benzene rings is 3. The van der Waals surface area contributed by atoms with Gasteiger partial charge in [-0.1, -0.05) is 29.3 Å². The summed E-state index contributed by atoms with van der Waals surface area (Å²) < 4.78 is 7.14. The van der Waals surface area contributed by atoms with Gasteiger partial charge in [0.15, 0.2) is 5.82 Å². The molecule has 1 amide bonds. The van der Waals surface area contributed by atoms with Crippen molar-refractivity contribution in [3.8, 4) is 22.8 Å². The summed E-state index contributed by atoms with van der Waals surface area (Å²) >= 11 is 12.1. The van der Waals surface area contributed by atoms with E-state index >= 15 is 0 Å². The van der Waals surface area contributed by atoms with E-state index in [4.69, 9.17) is 27.9 Å². The Morgan fingerprint density at radius 2 is 1.69 bits per heavy atom. The fourth-order valence-electron chi connectivity index (χ4n) is 3.13. The van der Waals surface area contributed by atoms with Crippen molar-refractivity contribution in [2.75, 3.05) is 11.9 Å². The highest BCUT2D eigenvalue weighted by atomic mass is 35.5. The van der Waals surface area contributed by atoms with Crippen molar-refractivity contribution in [3.05, 3.63) is 88.2 Å². The Kier molecular flexibility index (Phi) is 6.44. The van der Waals surface area contributed by atoms with Gasteiger partial charge in [-0.3, -0.25) is 4.79 Å². The maximum atomic E-state index is 13.0. The second-order valence-electron chi connectivity index (χ2n) is 7.02. The summed E-state index contributed by atoms with van der Waals surface area (Å²) in [6.45, 7) is 4.39. The Bertz CT molecular complexity index is 1250. The highest BCUT2D eigenvalue weighted by Gasteiger charge is 2.20. The van der Waals surface area contributed by atoms with Crippen molar-refractivity contribution in [1.82, 2.24) is 14.8 Å². The van der Waals surface area contributed by atoms with Crippen LogP contribution in [0.5, 0.6) is 5.75 Å². The number of aromatic nitrogens is 3. The summed E-state index contributed by atoms with van der Waals surface area (Å²) in [6, 6.07) is 19.9. The molecule has 4 rings (SSSR count). The molecule has 0 radical (unpaired) electrons. The third kappa shape index (κ3) is 4.77. The zero-order chi connectivity index (χ0) is 22.7. The number of nitrogens with zero attached hydrogens (tertiary/aromatic N) is 3. The van der Waals surface area contributed by atoms with Crippen LogP contribution in [-0.4, -0.2) is 27.3 Å². The molecule has 0 aliphatic heterocycles. The molecule has 0 atom stereocenters. The molecule has 0 fully saturated rings. The normalized spacial score (nSPS) is 10.8. The molecule has 0 saturated carbocycles. The number of aryl methyl sites for hydroxylation is 1. The molecule has 162 valence electrons. The SMILES string of the molecule is CCOc1ccc(-n2nc(C(=O)Nc3cc(Cl)ccc3C)nc2-c2ccc(Cl)cc2)cc1. The molecule has 0 bridgehead atoms. The molecule has 0 saturated heterocycles. The van der Waals surface area contributed by atoms with E-state index in [0.717, 1.165) is 22.6 Å². The minimum Gasteiger partial charge on any atom is -0.494 e. The molecule has 1 aromatic heterocycles. The Morgan fingerprint density at radius 3 is 2.38 bits per heavy atom. The summed E-state index contributed by atoms with van der Waals surface area (Å²) in [6.07, 6.45) is 0. The molecular formula is C24H20Cl2N4O2. The van der Waals surface area contributed by atoms with Gasteiger partial charge in [-0.15, -0.1) is 5.10 Å². The van der Waals surface area contributed by atoms with Crippen molar-refractivity contribution in [2.45, 2.75) is 13.8 Å². The van der Waals surface area contributed by atoms with Crippen molar-refractivity contribution in [1.29, 1.82) is 0 Å². The van der Waals surface area contributed by atoms with Gasteiger partial charge in [-0.25, -0.2) is 9.67 Å². The lowest BCUT2D eigenvalue weighted by Crippen LogP contribution is -2.15. The molecule has 4 aromatic rings. The van der Waals surface area contributed by atoms with Crippen LogP contribution in [-0.2, 0) is 0 Å². The van der Waals surface area contributed by atoms with Crippen LogP contribution in [0.15, 0.2) is 66.7 Å². The van der Waals surface area contributed by atoms with Crippen LogP contribution in [0.3, 0.4) is 0 Å². The minimum atomic E-state index is -0.435. The predicted octanol–water partition coefficient (Wildman–Crippen LogP) is 6.20. The monoisotopic (exact) mass is 466 g/mol. The topological polar surface area (TPSA) is 69.0 Å². The molecule has 0 aliphatic rings. The van der Waals surface area contributed by atoms with Gasteiger partial charge in [0.05, 0.1) is 12.3 Å². The number of halogens is 2. The molecule has 0 unspecified atom stereocenters. The quantitative estimate of drug-likeness (QED) is 0.367. The second kappa shape index (κ2) is 9.42. The second-order valence-corrected chi connectivity index (χ2v) is 7.89. The standard InChI is InChI=1S/C24H20Cl2N4O2/c1-3-32-20-12-10-19(11-13-20)30-23(16-5-8-17(25)9-6-16)28-22(29-30)24(31)27-21-14-18(26)7-4-15(21)2/h4-14H,3H2,1-2H3,(H,27,31). The number of carbonyl (C=O) groups is 1. The smallest absolute Gasteiger partial charge is 0.295 e. The first-order chi connectivity index (χ1) is 15.4. The lowest BCUT2D eigenvalue weighted by atomic mass is 10.2. The average Bonchev–Trinajstić information content (AvgIpc) is 3.23. The zero-order valence-electron chi connectivity index (χ0n) is 17.5. The summed E-state index contributed by atoms with van der Waals surface area (Å²) in [5, 5.41) is 8.47. The number of amides is 1. The number of hydrogen-bond donors (Lipinski definition) is 1. The van der Waals surface area contributed by atoms with E-state index in [1.807, 2.05) is 56.3 Å². The highest BCUT2D eigenvalue weighted by molar-refractivity contribution is 6.31. The van der Waals surface area contributed by atoms with E-state index in [1.165, 1.54) is 0 Å². The van der Waals surface area contributed by atoms with Gasteiger partial charge in [-0.05, 0) is 80.1 Å². The third-order valence-electron chi connectivity index (χ3n) is 4.75. The fourth-order valence-corrected chi connectivity index (χ4v) is 3.43. The Morgan fingerprint density at radius 1 is 1.00 bits per heavy atom. The molecule has 3 aromatic carbocycles. The fraction of sp³-hybridized carbons (Fsp3) is 0.125. The van der Waals surface area contributed by atoms with Crippen molar-refractivity contribution in [3.63, 3.8) is 0 Å². The van der Waals surface area contributed by atoms with Crippen molar-refractivity contribution in [2.24, 2.45) is 0 Å². The van der Waals surface area contributed by atoms with Gasteiger partial charge in [0.2, 0.25) is 5.82 Å². The summed E-state index contributed by atoms with van der Waals surface area (Å²) in [5.74, 6) is 0.857. The summed E-state index contributed by atoms with van der Waals surface area (Å²) in [5.41, 5.74) is 3.00. The van der Waals surface area contributed by atoms with Gasteiger partial charge in [0.25, 0.3) is 5.91 Å². The maximum Gasteiger partial charge on any atom is 0.295 e. The lowest BCUT2D eigenvalue weighted by Gasteiger charge is -2.08. The molecule has 8 heteroatoms. The maximum absolute atomic E-state index is 13.0. The Labute approximate surface area is 195 Å². The van der Waals surface area contributed by atoms with Gasteiger partial charge < -0.3 is 10.1 Å². The molecule has 6 nitrogen and oxygen atoms in total. The van der Waals surface area contributed by atoms with Crippen LogP contribution >= 0.6 is 23.2 Å². The number of carbonyl (C=O) groups excluding carboxylic acids is 1. The van der Waals surface area contributed by atoms with Gasteiger partial charge in [0, 0.05) is 21.3 Å². The van der Waals surface area contributed by atoms with Crippen LogP contribution < -0.4 is 10.1 Å². The van der Waals surface area contributed by atoms with Gasteiger partial charge in [0.1, 0.15) is 5.75 Å². The van der Waals surface area contributed by atoms with E-state index in [-0.39, 0.29) is 5.82 Å². The first-order valence-corrected chi connectivity index (χ1v) is 10.7. The number of nitrogens with one attached hydrogen (secondary N) is 1. The molecule has 0 spiro atoms. The molecular weight excluding hydrogens is 447 g/mol. The van der Waals surface area contributed by atoms with Crippen LogP contribution in [0.2, 0.25) is 10.0 Å². The molecule has 32 heavy (non-hydrogen) atoms. The summed E-state index contributed by atoms with van der Waals surface area (Å²) in [4.78, 5) is 17.5. The van der Waals surface area contributed by atoms with Crippen molar-refractivity contribution >= 4 is 34.8 Å². The van der Waals surface area contributed by atoms with Crippen LogP contribution in [0.1, 0.15) is 23.1 Å². The molecule has 0 aliphatic carbocycles. The van der Waals surface area contributed by atoms with Crippen LogP contribution in [0.4, 0.5) is 5.69 Å². The minimum absolute atomic E-state index is 0.0308. The number of ether oxygens (including phenoxy) is 1. The zero-order valence-corrected chi connectivity index (χ0v) is 19.0. The first kappa shape index (κ1) is 21.9. The van der Waals surface area contributed by atoms with Crippen LogP contribution in [0.25, 0.3) is 17.1 Å². The van der Waals surface area contributed by atoms with Crippen molar-refractivity contribution < 1.29 is 9.53 Å². The number of hydrogen-bond acceptors (Lipinski definition) is 4. The van der Waals surface area contributed by atoms with E-state index in [2.05, 4.69) is 15.4 Å². The molecule has 1 N–H and O–H groups in total. The van der Waals surface area contributed by atoms with E-state index in [9.17, 15) is 4.79 Å². The predicted molar refractivity (Wildman–Crippen MR) is 127 cm³/mol. The van der Waals surface area contributed by atoms with Gasteiger partial charge >= 0.3 is 0 Å².